The Morgan fingerprint density at radius 1 is 1.41 bits per heavy atom. The van der Waals surface area contributed by atoms with Crippen molar-refractivity contribution < 1.29 is 24.7 Å². The van der Waals surface area contributed by atoms with Gasteiger partial charge < -0.3 is 14.9 Å². The average Bonchev–Trinajstić information content (AvgIpc) is 2.14. The number of esters is 1. The van der Waals surface area contributed by atoms with Crippen molar-refractivity contribution in [2.24, 2.45) is 0 Å². The number of rotatable bonds is 3. The Morgan fingerprint density at radius 2 is 1.88 bits per heavy atom. The lowest BCUT2D eigenvalue weighted by Gasteiger charge is -2.10. The molecule has 1 atom stereocenters. The SMILES string of the molecule is CC(=O)OC(C)c1nc(O)c([N+](=O)[O-])c(O)n1. The molecule has 0 saturated heterocycles. The molecular weight excluding hydrogens is 234 g/mol. The lowest BCUT2D eigenvalue weighted by Crippen LogP contribution is -2.09. The van der Waals surface area contributed by atoms with E-state index in [4.69, 9.17) is 4.74 Å². The van der Waals surface area contributed by atoms with Crippen LogP contribution in [0.25, 0.3) is 0 Å². The highest BCUT2D eigenvalue weighted by molar-refractivity contribution is 5.66. The van der Waals surface area contributed by atoms with Gasteiger partial charge in [-0.15, -0.1) is 0 Å². The summed E-state index contributed by atoms with van der Waals surface area (Å²) in [6.45, 7) is 2.54. The van der Waals surface area contributed by atoms with Crippen molar-refractivity contribution in [3.8, 4) is 11.8 Å². The van der Waals surface area contributed by atoms with Crippen molar-refractivity contribution in [2.45, 2.75) is 20.0 Å². The lowest BCUT2D eigenvalue weighted by molar-refractivity contribution is -0.387. The largest absolute Gasteiger partial charge is 0.488 e. The molecule has 0 fully saturated rings. The summed E-state index contributed by atoms with van der Waals surface area (Å²) in [5.41, 5.74) is -0.997. The van der Waals surface area contributed by atoms with E-state index in [-0.39, 0.29) is 5.82 Å². The number of aromatic hydroxyl groups is 2. The normalized spacial score (nSPS) is 11.9. The van der Waals surface area contributed by atoms with E-state index in [2.05, 4.69) is 9.97 Å². The molecule has 1 aromatic heterocycles. The van der Waals surface area contributed by atoms with Crippen molar-refractivity contribution in [3.05, 3.63) is 15.9 Å². The summed E-state index contributed by atoms with van der Waals surface area (Å²) in [5, 5.41) is 28.9. The van der Waals surface area contributed by atoms with E-state index in [9.17, 15) is 25.1 Å². The van der Waals surface area contributed by atoms with Crippen LogP contribution >= 0.6 is 0 Å². The highest BCUT2D eigenvalue weighted by Crippen LogP contribution is 2.32. The van der Waals surface area contributed by atoms with E-state index in [0.717, 1.165) is 6.92 Å². The van der Waals surface area contributed by atoms with Crippen LogP contribution in [0.5, 0.6) is 11.8 Å². The third-order valence-corrected chi connectivity index (χ3v) is 1.75. The number of hydrogen-bond acceptors (Lipinski definition) is 8. The standard InChI is InChI=1S/C8H9N3O6/c1-3(17-4(2)12)6-9-7(13)5(11(15)16)8(14)10-6/h3H,1-2H3,(H2,9,10,13,14). The van der Waals surface area contributed by atoms with Crippen molar-refractivity contribution in [1.29, 1.82) is 0 Å². The minimum absolute atomic E-state index is 0.235. The second kappa shape index (κ2) is 4.60. The Labute approximate surface area is 94.8 Å². The van der Waals surface area contributed by atoms with Gasteiger partial charge in [0, 0.05) is 6.92 Å². The van der Waals surface area contributed by atoms with Crippen molar-refractivity contribution in [2.75, 3.05) is 0 Å². The molecule has 1 aromatic rings. The zero-order valence-electron chi connectivity index (χ0n) is 8.95. The fourth-order valence-electron chi connectivity index (χ4n) is 1.09. The van der Waals surface area contributed by atoms with Crippen LogP contribution in [0.4, 0.5) is 5.69 Å². The quantitative estimate of drug-likeness (QED) is 0.442. The van der Waals surface area contributed by atoms with Gasteiger partial charge in [0.1, 0.15) is 0 Å². The fraction of sp³-hybridized carbons (Fsp3) is 0.375. The van der Waals surface area contributed by atoms with E-state index in [1.165, 1.54) is 6.92 Å². The first-order valence-corrected chi connectivity index (χ1v) is 4.44. The molecule has 0 saturated carbocycles. The van der Waals surface area contributed by atoms with Gasteiger partial charge in [0.05, 0.1) is 4.92 Å². The van der Waals surface area contributed by atoms with Crippen LogP contribution in [0.3, 0.4) is 0 Å². The van der Waals surface area contributed by atoms with E-state index >= 15 is 0 Å². The molecule has 92 valence electrons. The van der Waals surface area contributed by atoms with Crippen molar-refractivity contribution in [3.63, 3.8) is 0 Å². The summed E-state index contributed by atoms with van der Waals surface area (Å²) in [4.78, 5) is 26.8. The van der Waals surface area contributed by atoms with Gasteiger partial charge in [-0.25, -0.2) is 0 Å². The molecule has 2 N–H and O–H groups in total. The molecule has 0 aromatic carbocycles. The maximum Gasteiger partial charge on any atom is 0.391 e. The van der Waals surface area contributed by atoms with E-state index in [1.54, 1.807) is 0 Å². The zero-order valence-corrected chi connectivity index (χ0v) is 8.95. The highest BCUT2D eigenvalue weighted by Gasteiger charge is 2.26. The predicted octanol–water partition coefficient (Wildman–Crippen LogP) is 0.420. The molecule has 0 spiro atoms. The minimum Gasteiger partial charge on any atom is -0.488 e. The molecule has 0 aliphatic carbocycles. The van der Waals surface area contributed by atoms with Crippen LogP contribution < -0.4 is 0 Å². The molecule has 0 amide bonds. The van der Waals surface area contributed by atoms with Gasteiger partial charge in [-0.1, -0.05) is 0 Å². The van der Waals surface area contributed by atoms with Gasteiger partial charge in [-0.3, -0.25) is 14.9 Å². The first kappa shape index (κ1) is 12.6. The monoisotopic (exact) mass is 243 g/mol. The van der Waals surface area contributed by atoms with Crippen LogP contribution in [0.2, 0.25) is 0 Å². The topological polar surface area (TPSA) is 136 Å². The molecule has 1 unspecified atom stereocenters. The molecule has 0 aliphatic heterocycles. The number of carbonyl (C=O) groups is 1. The maximum atomic E-state index is 10.7. The molecule has 0 bridgehead atoms. The molecule has 0 aliphatic rings. The molecule has 1 rings (SSSR count). The summed E-state index contributed by atoms with van der Waals surface area (Å²) < 4.78 is 4.69. The van der Waals surface area contributed by atoms with Gasteiger partial charge in [0.2, 0.25) is 0 Å². The second-order valence-electron chi connectivity index (χ2n) is 3.09. The molecule has 17 heavy (non-hydrogen) atoms. The zero-order chi connectivity index (χ0) is 13.2. The van der Waals surface area contributed by atoms with Crippen LogP contribution in [-0.4, -0.2) is 31.1 Å². The van der Waals surface area contributed by atoms with Gasteiger partial charge in [0.25, 0.3) is 11.8 Å². The first-order valence-electron chi connectivity index (χ1n) is 4.44. The number of nitrogens with zero attached hydrogens (tertiary/aromatic N) is 3. The molecule has 0 radical (unpaired) electrons. The average molecular weight is 243 g/mol. The lowest BCUT2D eigenvalue weighted by atomic mass is 10.3. The van der Waals surface area contributed by atoms with Gasteiger partial charge in [0.15, 0.2) is 11.9 Å². The minimum atomic E-state index is -1.02. The van der Waals surface area contributed by atoms with E-state index in [1.807, 2.05) is 0 Å². The molecule has 9 heteroatoms. The van der Waals surface area contributed by atoms with Crippen molar-refractivity contribution >= 4 is 11.7 Å². The summed E-state index contributed by atoms with van der Waals surface area (Å²) in [5.74, 6) is -2.83. The Morgan fingerprint density at radius 3 is 2.24 bits per heavy atom. The molecule has 9 nitrogen and oxygen atoms in total. The van der Waals surface area contributed by atoms with Crippen LogP contribution in [0.1, 0.15) is 25.8 Å². The number of hydrogen-bond donors (Lipinski definition) is 2. The number of ether oxygens (including phenoxy) is 1. The fourth-order valence-corrected chi connectivity index (χ4v) is 1.09. The molecular formula is C8H9N3O6. The van der Waals surface area contributed by atoms with Crippen LogP contribution in [0.15, 0.2) is 0 Å². The first-order chi connectivity index (χ1) is 7.82. The summed E-state index contributed by atoms with van der Waals surface area (Å²) >= 11 is 0. The number of nitro groups is 1. The van der Waals surface area contributed by atoms with E-state index in [0.29, 0.717) is 0 Å². The summed E-state index contributed by atoms with van der Waals surface area (Å²) in [6, 6.07) is 0. The van der Waals surface area contributed by atoms with Crippen molar-refractivity contribution in [1.82, 2.24) is 9.97 Å². The van der Waals surface area contributed by atoms with Crippen LogP contribution in [-0.2, 0) is 9.53 Å². The Kier molecular flexibility index (Phi) is 3.41. The van der Waals surface area contributed by atoms with Gasteiger partial charge >= 0.3 is 11.7 Å². The van der Waals surface area contributed by atoms with Crippen LogP contribution in [0, 0.1) is 10.1 Å². The summed E-state index contributed by atoms with van der Waals surface area (Å²) in [6.07, 6.45) is -0.940. The molecule has 1 heterocycles. The number of aromatic nitrogens is 2. The van der Waals surface area contributed by atoms with Gasteiger partial charge in [-0.05, 0) is 6.92 Å². The van der Waals surface area contributed by atoms with E-state index < -0.39 is 34.4 Å². The third-order valence-electron chi connectivity index (χ3n) is 1.75. The van der Waals surface area contributed by atoms with Gasteiger partial charge in [-0.2, -0.15) is 9.97 Å². The maximum absolute atomic E-state index is 10.7. The smallest absolute Gasteiger partial charge is 0.391 e. The number of carbonyl (C=O) groups excluding carboxylic acids is 1. The second-order valence-corrected chi connectivity index (χ2v) is 3.09. The Hall–Kier alpha value is -2.45. The summed E-state index contributed by atoms with van der Waals surface area (Å²) in [7, 11) is 0. The highest BCUT2D eigenvalue weighted by atomic mass is 16.6. The Balaban J connectivity index is 3.14. The Bertz CT molecular complexity index is 451. The predicted molar refractivity (Wildman–Crippen MR) is 52.2 cm³/mol. The third kappa shape index (κ3) is 2.77.